The molecule has 0 aromatic heterocycles. The second-order valence-electron chi connectivity index (χ2n) is 2.66. The van der Waals surface area contributed by atoms with E-state index < -0.39 is 31.3 Å². The summed E-state index contributed by atoms with van der Waals surface area (Å²) in [5, 5.41) is 0. The third-order valence-electron chi connectivity index (χ3n) is 1.69. The Balaban J connectivity index is 3.50. The number of terminal acetylenes is 1. The molecule has 80 valence electrons. The second-order valence-corrected chi connectivity index (χ2v) is 5.57. The molecule has 4 nitrogen and oxygen atoms in total. The summed E-state index contributed by atoms with van der Waals surface area (Å²) in [7, 11) is -4.33. The van der Waals surface area contributed by atoms with Gasteiger partial charge in [-0.25, -0.2) is 0 Å². The lowest BCUT2D eigenvalue weighted by Crippen LogP contribution is -2.03. The summed E-state index contributed by atoms with van der Waals surface area (Å²) in [5.41, 5.74) is 0.510. The van der Waals surface area contributed by atoms with Gasteiger partial charge in [-0.05, 0) is 11.6 Å². The Morgan fingerprint density at radius 2 is 2.13 bits per heavy atom. The molecule has 1 N–H and O–H groups in total. The van der Waals surface area contributed by atoms with E-state index in [4.69, 9.17) is 11.0 Å². The molecular weight excluding hydrogens is 331 g/mol. The number of hydrogen-bond acceptors (Lipinski definition) is 3. The van der Waals surface area contributed by atoms with E-state index in [9.17, 15) is 11.5 Å². The van der Waals surface area contributed by atoms with E-state index in [2.05, 4.69) is 5.92 Å². The van der Waals surface area contributed by atoms with Gasteiger partial charge in [-0.2, -0.15) is 8.42 Å². The largest absolute Gasteiger partial charge is 0.295 e. The Morgan fingerprint density at radius 3 is 2.60 bits per heavy atom. The molecule has 0 aliphatic heterocycles. The van der Waals surface area contributed by atoms with Crippen molar-refractivity contribution in [3.8, 4) is 12.3 Å². The van der Waals surface area contributed by atoms with Crippen molar-refractivity contribution in [1.29, 1.82) is 0 Å². The minimum atomic E-state index is -4.33. The van der Waals surface area contributed by atoms with Gasteiger partial charge in [0.1, 0.15) is 4.90 Å². The monoisotopic (exact) mass is 338 g/mol. The molecule has 6 heteroatoms. The van der Waals surface area contributed by atoms with Crippen LogP contribution in [-0.2, 0) is 19.6 Å². The molecule has 0 atom stereocenters. The zero-order valence-electron chi connectivity index (χ0n) is 7.47. The maximum Gasteiger partial charge on any atom is 0.295 e. The average Bonchev–Trinajstić information content (AvgIpc) is 2.16. The number of hydrogen-bond donors (Lipinski definition) is 1. The summed E-state index contributed by atoms with van der Waals surface area (Å²) in [4.78, 5) is -0.307. The Morgan fingerprint density at radius 1 is 1.47 bits per heavy atom. The van der Waals surface area contributed by atoms with Gasteiger partial charge < -0.3 is 0 Å². The van der Waals surface area contributed by atoms with Crippen molar-refractivity contribution in [1.82, 2.24) is 0 Å². The fourth-order valence-corrected chi connectivity index (χ4v) is 3.79. The zero-order chi connectivity index (χ0) is 11.5. The van der Waals surface area contributed by atoms with Crippen molar-refractivity contribution in [2.24, 2.45) is 0 Å². The van der Waals surface area contributed by atoms with Crippen molar-refractivity contribution < 1.29 is 16.0 Å². The molecule has 0 aliphatic rings. The average molecular weight is 338 g/mol. The van der Waals surface area contributed by atoms with E-state index >= 15 is 0 Å². The van der Waals surface area contributed by atoms with Crippen LogP contribution in [0.25, 0.3) is 0 Å². The molecule has 0 unspecified atom stereocenters. The molecule has 0 aliphatic carbocycles. The van der Waals surface area contributed by atoms with Crippen LogP contribution >= 0.6 is 21.2 Å². The normalized spacial score (nSPS) is 10.9. The molecule has 0 saturated carbocycles. The molecule has 1 aromatic rings. The van der Waals surface area contributed by atoms with Crippen molar-refractivity contribution >= 4 is 31.3 Å². The van der Waals surface area contributed by atoms with E-state index in [1.807, 2.05) is 0 Å². The van der Waals surface area contributed by atoms with Crippen LogP contribution < -0.4 is 0 Å². The predicted octanol–water partition coefficient (Wildman–Crippen LogP) is 1.59. The highest BCUT2D eigenvalue weighted by Crippen LogP contribution is 2.24. The van der Waals surface area contributed by atoms with E-state index in [1.165, 1.54) is 12.1 Å². The quantitative estimate of drug-likeness (QED) is 0.516. The van der Waals surface area contributed by atoms with E-state index in [1.54, 1.807) is 6.07 Å². The first-order valence-electron chi connectivity index (χ1n) is 3.80. The predicted molar refractivity (Wildman–Crippen MR) is 62.2 cm³/mol. The molecule has 0 saturated heterocycles. The zero-order valence-corrected chi connectivity index (χ0v) is 10.4. The highest BCUT2D eigenvalue weighted by atomic mass is 127. The van der Waals surface area contributed by atoms with Crippen LogP contribution in [0.15, 0.2) is 23.1 Å². The Hall–Kier alpha value is -0.780. The van der Waals surface area contributed by atoms with Gasteiger partial charge in [-0.1, -0.05) is 12.1 Å². The first-order valence-corrected chi connectivity index (χ1v) is 7.20. The van der Waals surface area contributed by atoms with Gasteiger partial charge in [0.25, 0.3) is 10.1 Å². The van der Waals surface area contributed by atoms with Crippen LogP contribution in [0.2, 0.25) is 0 Å². The summed E-state index contributed by atoms with van der Waals surface area (Å²) in [6.07, 6.45) is 5.29. The van der Waals surface area contributed by atoms with Crippen molar-refractivity contribution in [3.05, 3.63) is 27.3 Å². The highest BCUT2D eigenvalue weighted by Gasteiger charge is 2.17. The second kappa shape index (κ2) is 4.83. The minimum absolute atomic E-state index is 0.150. The molecule has 0 spiro atoms. The fraction of sp³-hybridized carbons (Fsp3) is 0.111. The Bertz CT molecular complexity index is 528. The smallest absolute Gasteiger partial charge is 0.282 e. The van der Waals surface area contributed by atoms with Gasteiger partial charge in [0.2, 0.25) is 0 Å². The molecule has 0 fully saturated rings. The summed E-state index contributed by atoms with van der Waals surface area (Å²) < 4.78 is 41.9. The summed E-state index contributed by atoms with van der Waals surface area (Å²) >= 11 is -1.70. The topological polar surface area (TPSA) is 71.4 Å². The standard InChI is InChI=1S/C9H7IO4S/c1-2-4-7-5-3-6-8(9(7)10-11)15(12,13)14/h1,3,5-6H,4H2,(H,12,13,14). The molecule has 15 heavy (non-hydrogen) atoms. The van der Waals surface area contributed by atoms with Gasteiger partial charge in [0.05, 0.1) is 3.57 Å². The maximum absolute atomic E-state index is 11.0. The van der Waals surface area contributed by atoms with Crippen LogP contribution in [0, 0.1) is 15.9 Å². The first kappa shape index (κ1) is 12.3. The molecule has 0 amide bonds. The fourth-order valence-electron chi connectivity index (χ4n) is 1.09. The molecule has 0 bridgehead atoms. The summed E-state index contributed by atoms with van der Waals surface area (Å²) in [6.45, 7) is 0. The molecular formula is C9H7IO4S. The van der Waals surface area contributed by atoms with Crippen molar-refractivity contribution in [2.45, 2.75) is 11.3 Å². The SMILES string of the molecule is C#CCc1cccc(S(=O)(=O)O)c1I=O. The van der Waals surface area contributed by atoms with Crippen LogP contribution in [-0.4, -0.2) is 13.0 Å². The summed E-state index contributed by atoms with van der Waals surface area (Å²) in [5.74, 6) is 2.34. The third-order valence-corrected chi connectivity index (χ3v) is 4.67. The Labute approximate surface area is 98.1 Å². The molecule has 1 rings (SSSR count). The lowest BCUT2D eigenvalue weighted by Gasteiger charge is -2.04. The lowest BCUT2D eigenvalue weighted by atomic mass is 10.2. The number of halogens is 1. The number of benzene rings is 1. The van der Waals surface area contributed by atoms with Crippen LogP contribution in [0.1, 0.15) is 5.56 Å². The Kier molecular flexibility index (Phi) is 3.96. The number of rotatable bonds is 3. The first-order chi connectivity index (χ1) is 7.00. The van der Waals surface area contributed by atoms with Gasteiger partial charge in [0.15, 0.2) is 21.2 Å². The van der Waals surface area contributed by atoms with Gasteiger partial charge >= 0.3 is 0 Å². The lowest BCUT2D eigenvalue weighted by molar-refractivity contribution is 0.482. The van der Waals surface area contributed by atoms with E-state index in [-0.39, 0.29) is 14.9 Å². The van der Waals surface area contributed by atoms with Crippen molar-refractivity contribution in [3.63, 3.8) is 0 Å². The van der Waals surface area contributed by atoms with Crippen LogP contribution in [0.3, 0.4) is 0 Å². The maximum atomic E-state index is 11.0. The van der Waals surface area contributed by atoms with E-state index in [0.29, 0.717) is 5.56 Å². The van der Waals surface area contributed by atoms with Crippen molar-refractivity contribution in [2.75, 3.05) is 0 Å². The van der Waals surface area contributed by atoms with Gasteiger partial charge in [-0.3, -0.25) is 7.62 Å². The highest BCUT2D eigenvalue weighted by molar-refractivity contribution is 14.1. The van der Waals surface area contributed by atoms with Crippen LogP contribution in [0.4, 0.5) is 0 Å². The van der Waals surface area contributed by atoms with Gasteiger partial charge in [-0.15, -0.1) is 12.3 Å². The molecule has 0 radical (unpaired) electrons. The third kappa shape index (κ3) is 2.84. The van der Waals surface area contributed by atoms with Crippen LogP contribution in [0.5, 0.6) is 0 Å². The van der Waals surface area contributed by atoms with E-state index in [0.717, 1.165) is 0 Å². The molecule has 0 heterocycles. The van der Waals surface area contributed by atoms with Gasteiger partial charge in [0, 0.05) is 6.42 Å². The summed E-state index contributed by atoms with van der Waals surface area (Å²) in [6, 6.07) is 4.27. The molecule has 1 aromatic carbocycles. The minimum Gasteiger partial charge on any atom is -0.282 e.